The lowest BCUT2D eigenvalue weighted by molar-refractivity contribution is 0.383. The fraction of sp³-hybridized carbons (Fsp3) is 0.312. The van der Waals surface area contributed by atoms with Crippen LogP contribution >= 0.6 is 0 Å². The number of allylic oxidation sites excluding steroid dienone is 1. The molecule has 20 heavy (non-hydrogen) atoms. The topological polar surface area (TPSA) is 24.3 Å². The van der Waals surface area contributed by atoms with Crippen molar-refractivity contribution in [2.75, 3.05) is 11.9 Å². The SMILES string of the molecule is [2H]C([2H])([2H])N1C=CN(c2c(C)ccc3c2nc2n3C=CC2)[C@H]1C. The van der Waals surface area contributed by atoms with E-state index in [2.05, 4.69) is 22.8 Å². The Hall–Kier alpha value is -2.23. The van der Waals surface area contributed by atoms with Crippen molar-refractivity contribution < 1.29 is 4.11 Å². The van der Waals surface area contributed by atoms with Crippen molar-refractivity contribution in [1.82, 2.24) is 14.5 Å². The van der Waals surface area contributed by atoms with Gasteiger partial charge in [-0.05, 0) is 25.5 Å². The molecule has 0 amide bonds. The number of nitrogens with zero attached hydrogens (tertiary/aromatic N) is 4. The Bertz CT molecular complexity index is 847. The summed E-state index contributed by atoms with van der Waals surface area (Å²) in [6, 6.07) is 4.14. The summed E-state index contributed by atoms with van der Waals surface area (Å²) in [5.74, 6) is 1.02. The van der Waals surface area contributed by atoms with Gasteiger partial charge in [-0.15, -0.1) is 0 Å². The Balaban J connectivity index is 1.85. The van der Waals surface area contributed by atoms with Crippen molar-refractivity contribution in [3.63, 3.8) is 0 Å². The number of hydrogen-bond acceptors (Lipinski definition) is 3. The van der Waals surface area contributed by atoms with Gasteiger partial charge in [-0.3, -0.25) is 0 Å². The van der Waals surface area contributed by atoms with Gasteiger partial charge in [0.2, 0.25) is 0 Å². The Kier molecular flexibility index (Phi) is 1.72. The molecule has 2 aliphatic rings. The quantitative estimate of drug-likeness (QED) is 0.795. The van der Waals surface area contributed by atoms with E-state index in [1.807, 2.05) is 31.1 Å². The van der Waals surface area contributed by atoms with Crippen molar-refractivity contribution in [2.45, 2.75) is 26.4 Å². The molecule has 2 aliphatic heterocycles. The number of anilines is 1. The van der Waals surface area contributed by atoms with Crippen LogP contribution in [0, 0.1) is 6.92 Å². The number of aryl methyl sites for hydroxylation is 1. The number of benzene rings is 1. The standard InChI is InChI=1S/C16H18N4/c1-11-6-7-13-15(17-14-5-4-8-20(13)14)16(11)19-10-9-18(3)12(19)2/h4,6-10,12H,5H2,1-3H3/t12-/m0/s1/i3D3. The van der Waals surface area contributed by atoms with Crippen LogP contribution in [0.2, 0.25) is 0 Å². The molecule has 4 nitrogen and oxygen atoms in total. The number of hydrogen-bond donors (Lipinski definition) is 0. The molecule has 0 saturated heterocycles. The third-order valence-corrected chi connectivity index (χ3v) is 4.12. The summed E-state index contributed by atoms with van der Waals surface area (Å²) in [4.78, 5) is 8.18. The third kappa shape index (κ3) is 1.39. The summed E-state index contributed by atoms with van der Waals surface area (Å²) in [5, 5.41) is 0. The summed E-state index contributed by atoms with van der Waals surface area (Å²) in [7, 11) is 0. The van der Waals surface area contributed by atoms with Crippen molar-refractivity contribution in [3.05, 3.63) is 42.0 Å². The second-order valence-corrected chi connectivity index (χ2v) is 5.33. The first-order chi connectivity index (χ1) is 10.9. The maximum atomic E-state index is 7.66. The van der Waals surface area contributed by atoms with E-state index in [1.165, 1.54) is 4.90 Å². The second kappa shape index (κ2) is 3.88. The molecule has 4 heteroatoms. The van der Waals surface area contributed by atoms with Gasteiger partial charge in [0.15, 0.2) is 0 Å². The van der Waals surface area contributed by atoms with Gasteiger partial charge >= 0.3 is 0 Å². The van der Waals surface area contributed by atoms with Crippen LogP contribution in [-0.4, -0.2) is 27.6 Å². The van der Waals surface area contributed by atoms with Gasteiger partial charge in [0.25, 0.3) is 0 Å². The summed E-state index contributed by atoms with van der Waals surface area (Å²) >= 11 is 0. The first-order valence-corrected chi connectivity index (χ1v) is 6.80. The van der Waals surface area contributed by atoms with E-state index in [1.54, 1.807) is 6.20 Å². The van der Waals surface area contributed by atoms with E-state index in [9.17, 15) is 0 Å². The average molecular weight is 269 g/mol. The smallest absolute Gasteiger partial charge is 0.117 e. The monoisotopic (exact) mass is 269 g/mol. The van der Waals surface area contributed by atoms with Crippen molar-refractivity contribution in [2.24, 2.45) is 0 Å². The molecule has 2 aromatic rings. The predicted octanol–water partition coefficient (Wildman–Crippen LogP) is 2.94. The van der Waals surface area contributed by atoms with E-state index in [0.717, 1.165) is 34.5 Å². The van der Waals surface area contributed by atoms with Crippen molar-refractivity contribution in [3.8, 4) is 0 Å². The number of imidazole rings is 1. The molecule has 0 unspecified atom stereocenters. The molecule has 0 bridgehead atoms. The van der Waals surface area contributed by atoms with Gasteiger partial charge in [0, 0.05) is 36.1 Å². The van der Waals surface area contributed by atoms with Gasteiger partial charge in [-0.25, -0.2) is 4.98 Å². The Labute approximate surface area is 122 Å². The first-order valence-electron chi connectivity index (χ1n) is 8.30. The summed E-state index contributed by atoms with van der Waals surface area (Å²) in [6.45, 7) is 1.78. The van der Waals surface area contributed by atoms with Crippen LogP contribution in [-0.2, 0) is 6.42 Å². The van der Waals surface area contributed by atoms with Crippen LogP contribution in [0.4, 0.5) is 5.69 Å². The highest BCUT2D eigenvalue weighted by molar-refractivity contribution is 5.93. The molecule has 0 aliphatic carbocycles. The highest BCUT2D eigenvalue weighted by atomic mass is 15.4. The lowest BCUT2D eigenvalue weighted by Gasteiger charge is -2.28. The molecule has 0 spiro atoms. The average Bonchev–Trinajstić information content (AvgIpc) is 3.12. The molecule has 0 fully saturated rings. The Morgan fingerprint density at radius 2 is 2.20 bits per heavy atom. The lowest BCUT2D eigenvalue weighted by Crippen LogP contribution is -2.33. The molecule has 102 valence electrons. The minimum absolute atomic E-state index is 0.279. The molecular weight excluding hydrogens is 248 g/mol. The normalized spacial score (nSPS) is 23.3. The largest absolute Gasteiger partial charge is 0.359 e. The first kappa shape index (κ1) is 8.84. The molecule has 0 radical (unpaired) electrons. The van der Waals surface area contributed by atoms with Gasteiger partial charge in [-0.2, -0.15) is 0 Å². The van der Waals surface area contributed by atoms with E-state index in [-0.39, 0.29) is 6.17 Å². The molecule has 0 saturated carbocycles. The lowest BCUT2D eigenvalue weighted by atomic mass is 10.1. The van der Waals surface area contributed by atoms with Gasteiger partial charge in [-0.1, -0.05) is 12.1 Å². The van der Waals surface area contributed by atoms with Crippen LogP contribution in [0.15, 0.2) is 30.6 Å². The number of aromatic nitrogens is 2. The van der Waals surface area contributed by atoms with E-state index < -0.39 is 6.98 Å². The fourth-order valence-electron chi connectivity index (χ4n) is 2.98. The molecule has 3 heterocycles. The van der Waals surface area contributed by atoms with Gasteiger partial charge < -0.3 is 14.4 Å². The maximum absolute atomic E-state index is 7.66. The van der Waals surface area contributed by atoms with Gasteiger partial charge in [0.05, 0.1) is 11.2 Å². The van der Waals surface area contributed by atoms with Crippen LogP contribution in [0.25, 0.3) is 17.2 Å². The zero-order chi connectivity index (χ0) is 16.4. The number of fused-ring (bicyclic) bond motifs is 3. The molecule has 0 N–H and O–H groups in total. The van der Waals surface area contributed by atoms with E-state index >= 15 is 0 Å². The van der Waals surface area contributed by atoms with E-state index in [0.29, 0.717) is 0 Å². The summed E-state index contributed by atoms with van der Waals surface area (Å²) < 4.78 is 25.1. The van der Waals surface area contributed by atoms with Crippen molar-refractivity contribution >= 4 is 22.9 Å². The second-order valence-electron chi connectivity index (χ2n) is 5.33. The minimum Gasteiger partial charge on any atom is -0.359 e. The summed E-state index contributed by atoms with van der Waals surface area (Å²) in [6.07, 6.45) is 8.16. The maximum Gasteiger partial charge on any atom is 0.117 e. The van der Waals surface area contributed by atoms with Crippen LogP contribution < -0.4 is 4.90 Å². The van der Waals surface area contributed by atoms with Gasteiger partial charge in [0.1, 0.15) is 17.5 Å². The molecule has 1 atom stereocenters. The van der Waals surface area contributed by atoms with Crippen molar-refractivity contribution in [1.29, 1.82) is 0 Å². The Morgan fingerprint density at radius 1 is 1.30 bits per heavy atom. The fourth-order valence-corrected chi connectivity index (χ4v) is 2.98. The van der Waals surface area contributed by atoms with Crippen LogP contribution in [0.3, 0.4) is 0 Å². The molecular formula is C16H18N4. The zero-order valence-electron chi connectivity index (χ0n) is 14.5. The zero-order valence-corrected chi connectivity index (χ0v) is 11.5. The number of rotatable bonds is 1. The molecule has 1 aromatic carbocycles. The van der Waals surface area contributed by atoms with E-state index in [4.69, 9.17) is 9.10 Å². The summed E-state index contributed by atoms with van der Waals surface area (Å²) in [5.41, 5.74) is 4.05. The minimum atomic E-state index is -2.15. The third-order valence-electron chi connectivity index (χ3n) is 4.12. The Morgan fingerprint density at radius 3 is 3.00 bits per heavy atom. The highest BCUT2D eigenvalue weighted by Crippen LogP contribution is 2.35. The molecule has 4 rings (SSSR count). The van der Waals surface area contributed by atoms with Crippen LogP contribution in [0.5, 0.6) is 0 Å². The predicted molar refractivity (Wildman–Crippen MR) is 82.3 cm³/mol. The molecule has 1 aromatic heterocycles. The highest BCUT2D eigenvalue weighted by Gasteiger charge is 2.25. The van der Waals surface area contributed by atoms with Crippen LogP contribution in [0.1, 0.15) is 22.4 Å².